The van der Waals surface area contributed by atoms with Crippen LogP contribution in [0.5, 0.6) is 0 Å². The fourth-order valence-corrected chi connectivity index (χ4v) is 4.11. The number of thioether (sulfide) groups is 1. The quantitative estimate of drug-likeness (QED) is 0.878. The van der Waals surface area contributed by atoms with Gasteiger partial charge in [0.05, 0.1) is 0 Å². The fraction of sp³-hybridized carbons (Fsp3) is 0.263. The van der Waals surface area contributed by atoms with Crippen molar-refractivity contribution < 1.29 is 14.7 Å². The lowest BCUT2D eigenvalue weighted by atomic mass is 10.0. The monoisotopic (exact) mass is 341 g/mol. The van der Waals surface area contributed by atoms with Gasteiger partial charge in [-0.25, -0.2) is 4.79 Å². The van der Waals surface area contributed by atoms with Crippen molar-refractivity contribution in [3.8, 4) is 0 Å². The minimum absolute atomic E-state index is 0.226. The van der Waals surface area contributed by atoms with Crippen LogP contribution in [0.1, 0.15) is 21.9 Å². The predicted molar refractivity (Wildman–Crippen MR) is 95.1 cm³/mol. The molecule has 1 amide bonds. The minimum Gasteiger partial charge on any atom is -0.480 e. The Bertz CT molecular complexity index is 732. The zero-order valence-corrected chi connectivity index (χ0v) is 14.0. The summed E-state index contributed by atoms with van der Waals surface area (Å²) in [6.45, 7) is 0. The second-order valence-electron chi connectivity index (χ2n) is 5.79. The molecule has 0 saturated carbocycles. The lowest BCUT2D eigenvalue weighted by Crippen LogP contribution is -2.44. The van der Waals surface area contributed by atoms with Crippen molar-refractivity contribution >= 4 is 23.6 Å². The Labute approximate surface area is 145 Å². The number of aliphatic carboxylic acids is 1. The molecule has 1 heterocycles. The van der Waals surface area contributed by atoms with E-state index in [0.29, 0.717) is 0 Å². The summed E-state index contributed by atoms with van der Waals surface area (Å²) in [4.78, 5) is 24.2. The summed E-state index contributed by atoms with van der Waals surface area (Å²) < 4.78 is 0. The molecule has 2 atom stereocenters. The molecule has 3 rings (SSSR count). The zero-order chi connectivity index (χ0) is 16.9. The lowest BCUT2D eigenvalue weighted by molar-refractivity contribution is -0.141. The molecule has 1 aliphatic rings. The van der Waals surface area contributed by atoms with Crippen LogP contribution in [-0.2, 0) is 22.4 Å². The van der Waals surface area contributed by atoms with Gasteiger partial charge in [-0.15, -0.1) is 11.8 Å². The normalized spacial score (nSPS) is 17.6. The highest BCUT2D eigenvalue weighted by Gasteiger charge is 2.30. The van der Waals surface area contributed by atoms with Gasteiger partial charge in [-0.05, 0) is 28.9 Å². The molecule has 0 aliphatic carbocycles. The summed E-state index contributed by atoms with van der Waals surface area (Å²) in [6.07, 6.45) is 1.22. The van der Waals surface area contributed by atoms with Gasteiger partial charge >= 0.3 is 5.97 Å². The molecule has 0 aromatic heterocycles. The van der Waals surface area contributed by atoms with Crippen LogP contribution in [0.15, 0.2) is 54.6 Å². The van der Waals surface area contributed by atoms with E-state index in [4.69, 9.17) is 0 Å². The van der Waals surface area contributed by atoms with Gasteiger partial charge in [-0.2, -0.15) is 0 Å². The first kappa shape index (κ1) is 16.6. The molecule has 2 aromatic carbocycles. The highest BCUT2D eigenvalue weighted by atomic mass is 32.2. The first-order valence-electron chi connectivity index (χ1n) is 7.91. The molecule has 2 N–H and O–H groups in total. The number of benzene rings is 2. The molecule has 124 valence electrons. The number of nitrogens with one attached hydrogen (secondary N) is 1. The van der Waals surface area contributed by atoms with E-state index in [1.165, 1.54) is 5.56 Å². The Hall–Kier alpha value is -2.27. The predicted octanol–water partition coefficient (Wildman–Crippen LogP) is 2.83. The molecular weight excluding hydrogens is 322 g/mol. The summed E-state index contributed by atoms with van der Waals surface area (Å²) in [7, 11) is 0. The van der Waals surface area contributed by atoms with Crippen molar-refractivity contribution in [2.45, 2.75) is 24.1 Å². The topological polar surface area (TPSA) is 66.4 Å². The summed E-state index contributed by atoms with van der Waals surface area (Å²) in [6, 6.07) is 16.3. The second-order valence-corrected chi connectivity index (χ2v) is 7.00. The van der Waals surface area contributed by atoms with Crippen molar-refractivity contribution in [2.75, 3.05) is 5.75 Å². The molecular formula is C19H19NO3S. The smallest absolute Gasteiger partial charge is 0.326 e. The first-order chi connectivity index (χ1) is 11.6. The number of amides is 1. The van der Waals surface area contributed by atoms with Crippen LogP contribution >= 0.6 is 11.8 Å². The first-order valence-corrected chi connectivity index (χ1v) is 8.96. The SMILES string of the molecule is O=C(N[C@@H](Cc1ccccc1)C(=O)O)C1SCCc2ccccc21. The Balaban J connectivity index is 1.74. The van der Waals surface area contributed by atoms with Crippen molar-refractivity contribution in [3.05, 3.63) is 71.3 Å². The minimum atomic E-state index is -1.01. The third kappa shape index (κ3) is 3.79. The van der Waals surface area contributed by atoms with Crippen LogP contribution in [0.3, 0.4) is 0 Å². The number of hydrogen-bond acceptors (Lipinski definition) is 3. The van der Waals surface area contributed by atoms with Crippen LogP contribution in [-0.4, -0.2) is 28.8 Å². The maximum atomic E-state index is 12.7. The third-order valence-corrected chi connectivity index (χ3v) is 5.37. The molecule has 1 aliphatic heterocycles. The van der Waals surface area contributed by atoms with Gasteiger partial charge in [0.1, 0.15) is 11.3 Å². The second kappa shape index (κ2) is 7.53. The van der Waals surface area contributed by atoms with E-state index in [0.717, 1.165) is 23.3 Å². The number of carbonyl (C=O) groups excluding carboxylic acids is 1. The Morgan fingerprint density at radius 3 is 2.58 bits per heavy atom. The van der Waals surface area contributed by atoms with Gasteiger partial charge in [0.2, 0.25) is 5.91 Å². The van der Waals surface area contributed by atoms with Crippen LogP contribution in [0, 0.1) is 0 Å². The maximum absolute atomic E-state index is 12.7. The van der Waals surface area contributed by atoms with Gasteiger partial charge in [-0.3, -0.25) is 4.79 Å². The summed E-state index contributed by atoms with van der Waals surface area (Å²) >= 11 is 1.57. The standard InChI is InChI=1S/C19H19NO3S/c21-18(17-15-9-5-4-8-14(15)10-11-24-17)20-16(19(22)23)12-13-6-2-1-3-7-13/h1-9,16-17H,10-12H2,(H,20,21)(H,22,23)/t16-,17?/m0/s1. The number of carboxylic acids is 1. The molecule has 5 heteroatoms. The van der Waals surface area contributed by atoms with Gasteiger partial charge in [0, 0.05) is 6.42 Å². The Morgan fingerprint density at radius 1 is 1.12 bits per heavy atom. The largest absolute Gasteiger partial charge is 0.480 e. The van der Waals surface area contributed by atoms with Crippen molar-refractivity contribution in [3.63, 3.8) is 0 Å². The van der Waals surface area contributed by atoms with E-state index in [9.17, 15) is 14.7 Å². The number of carbonyl (C=O) groups is 2. The van der Waals surface area contributed by atoms with Gasteiger partial charge < -0.3 is 10.4 Å². The molecule has 0 radical (unpaired) electrons. The summed E-state index contributed by atoms with van der Waals surface area (Å²) in [5, 5.41) is 11.8. The molecule has 2 aromatic rings. The van der Waals surface area contributed by atoms with Gasteiger partial charge in [0.15, 0.2) is 0 Å². The number of rotatable bonds is 5. The van der Waals surface area contributed by atoms with E-state index in [1.54, 1.807) is 11.8 Å². The van der Waals surface area contributed by atoms with Crippen molar-refractivity contribution in [1.29, 1.82) is 0 Å². The van der Waals surface area contributed by atoms with Crippen LogP contribution in [0.2, 0.25) is 0 Å². The third-order valence-electron chi connectivity index (χ3n) is 4.13. The van der Waals surface area contributed by atoms with Crippen molar-refractivity contribution in [1.82, 2.24) is 5.32 Å². The highest BCUT2D eigenvalue weighted by molar-refractivity contribution is 8.00. The van der Waals surface area contributed by atoms with E-state index in [-0.39, 0.29) is 17.6 Å². The number of aryl methyl sites for hydroxylation is 1. The average molecular weight is 341 g/mol. The molecule has 0 bridgehead atoms. The number of hydrogen-bond donors (Lipinski definition) is 2. The number of fused-ring (bicyclic) bond motifs is 1. The molecule has 24 heavy (non-hydrogen) atoms. The number of carboxylic acid groups (broad SMARTS) is 1. The molecule has 0 spiro atoms. The average Bonchev–Trinajstić information content (AvgIpc) is 2.61. The van der Waals surface area contributed by atoms with Crippen LogP contribution in [0.4, 0.5) is 0 Å². The van der Waals surface area contributed by atoms with Crippen LogP contribution < -0.4 is 5.32 Å². The van der Waals surface area contributed by atoms with E-state index in [1.807, 2.05) is 54.6 Å². The summed E-state index contributed by atoms with van der Waals surface area (Å²) in [5.41, 5.74) is 3.06. The van der Waals surface area contributed by atoms with Gasteiger partial charge in [0.25, 0.3) is 0 Å². The lowest BCUT2D eigenvalue weighted by Gasteiger charge is -2.25. The highest BCUT2D eigenvalue weighted by Crippen LogP contribution is 2.36. The Morgan fingerprint density at radius 2 is 1.83 bits per heavy atom. The molecule has 4 nitrogen and oxygen atoms in total. The summed E-state index contributed by atoms with van der Waals surface area (Å²) in [5.74, 6) is -0.373. The zero-order valence-electron chi connectivity index (χ0n) is 13.1. The molecule has 0 saturated heterocycles. The van der Waals surface area contributed by atoms with Gasteiger partial charge in [-0.1, -0.05) is 54.6 Å². The van der Waals surface area contributed by atoms with E-state index >= 15 is 0 Å². The van der Waals surface area contributed by atoms with E-state index < -0.39 is 12.0 Å². The molecule has 1 unspecified atom stereocenters. The van der Waals surface area contributed by atoms with Crippen LogP contribution in [0.25, 0.3) is 0 Å². The van der Waals surface area contributed by atoms with E-state index in [2.05, 4.69) is 5.32 Å². The maximum Gasteiger partial charge on any atom is 0.326 e. The fourth-order valence-electron chi connectivity index (χ4n) is 2.91. The molecule has 0 fully saturated rings. The van der Waals surface area contributed by atoms with Crippen molar-refractivity contribution in [2.24, 2.45) is 0 Å². The Kier molecular flexibility index (Phi) is 5.20.